The average Bonchev–Trinajstić information content (AvgIpc) is 2.91. The number of piperidine rings is 1. The van der Waals surface area contributed by atoms with E-state index in [1.165, 1.54) is 0 Å². The standard InChI is InChI=1S/C14H18ClN5/c1-9-12(16)6-3-7-20(9)14-17-13(18-19-14)10-4-2-5-11(15)8-10/h2,4-5,8-9,12H,3,6-7,16H2,1H3,(H,17,18,19). The second-order valence-corrected chi connectivity index (χ2v) is 5.67. The van der Waals surface area contributed by atoms with Gasteiger partial charge in [-0.2, -0.15) is 4.98 Å². The van der Waals surface area contributed by atoms with Crippen molar-refractivity contribution >= 4 is 17.5 Å². The molecule has 2 atom stereocenters. The topological polar surface area (TPSA) is 70.8 Å². The van der Waals surface area contributed by atoms with Crippen LogP contribution in [-0.4, -0.2) is 33.8 Å². The molecule has 106 valence electrons. The highest BCUT2D eigenvalue weighted by Crippen LogP contribution is 2.24. The van der Waals surface area contributed by atoms with Crippen LogP contribution in [0.1, 0.15) is 19.8 Å². The van der Waals surface area contributed by atoms with Crippen LogP contribution in [0.4, 0.5) is 5.95 Å². The van der Waals surface area contributed by atoms with Gasteiger partial charge in [0, 0.05) is 29.2 Å². The van der Waals surface area contributed by atoms with Gasteiger partial charge in [-0.25, -0.2) is 0 Å². The molecule has 3 N–H and O–H groups in total. The minimum absolute atomic E-state index is 0.178. The molecule has 3 rings (SSSR count). The minimum atomic E-state index is 0.178. The summed E-state index contributed by atoms with van der Waals surface area (Å²) in [6.07, 6.45) is 2.13. The van der Waals surface area contributed by atoms with E-state index in [9.17, 15) is 0 Å². The number of nitrogens with one attached hydrogen (secondary N) is 1. The van der Waals surface area contributed by atoms with E-state index in [2.05, 4.69) is 27.0 Å². The Morgan fingerprint density at radius 3 is 3.10 bits per heavy atom. The number of aromatic amines is 1. The summed E-state index contributed by atoms with van der Waals surface area (Å²) in [4.78, 5) is 6.74. The fraction of sp³-hybridized carbons (Fsp3) is 0.429. The fourth-order valence-electron chi connectivity index (χ4n) is 2.60. The van der Waals surface area contributed by atoms with Crippen molar-refractivity contribution in [2.45, 2.75) is 31.8 Å². The second-order valence-electron chi connectivity index (χ2n) is 5.23. The Kier molecular flexibility index (Phi) is 3.63. The number of benzene rings is 1. The molecule has 1 aliphatic heterocycles. The van der Waals surface area contributed by atoms with Gasteiger partial charge in [0.2, 0.25) is 5.95 Å². The number of hydrogen-bond donors (Lipinski definition) is 2. The van der Waals surface area contributed by atoms with Crippen molar-refractivity contribution in [1.29, 1.82) is 0 Å². The third-order valence-electron chi connectivity index (χ3n) is 3.88. The number of aromatic nitrogens is 3. The van der Waals surface area contributed by atoms with Gasteiger partial charge in [0.05, 0.1) is 0 Å². The number of rotatable bonds is 2. The van der Waals surface area contributed by atoms with E-state index in [4.69, 9.17) is 17.3 Å². The molecule has 2 unspecified atom stereocenters. The summed E-state index contributed by atoms with van der Waals surface area (Å²) in [6.45, 7) is 3.07. The summed E-state index contributed by atoms with van der Waals surface area (Å²) in [5.74, 6) is 1.44. The third-order valence-corrected chi connectivity index (χ3v) is 4.11. The maximum absolute atomic E-state index is 6.12. The third kappa shape index (κ3) is 2.51. The van der Waals surface area contributed by atoms with Crippen molar-refractivity contribution in [2.75, 3.05) is 11.4 Å². The molecule has 1 saturated heterocycles. The molecule has 0 amide bonds. The molecule has 0 saturated carbocycles. The lowest BCUT2D eigenvalue weighted by Gasteiger charge is -2.36. The van der Waals surface area contributed by atoms with E-state index in [0.717, 1.165) is 30.8 Å². The van der Waals surface area contributed by atoms with E-state index in [1.54, 1.807) is 0 Å². The molecule has 5 nitrogen and oxygen atoms in total. The van der Waals surface area contributed by atoms with E-state index >= 15 is 0 Å². The molecule has 1 aliphatic rings. The molecule has 1 aromatic carbocycles. The van der Waals surface area contributed by atoms with Crippen LogP contribution in [0.15, 0.2) is 24.3 Å². The highest BCUT2D eigenvalue weighted by molar-refractivity contribution is 6.30. The van der Waals surface area contributed by atoms with Gasteiger partial charge in [0.25, 0.3) is 0 Å². The smallest absolute Gasteiger partial charge is 0.245 e. The molecule has 0 aliphatic carbocycles. The summed E-state index contributed by atoms with van der Waals surface area (Å²) in [7, 11) is 0. The molecule has 6 heteroatoms. The number of nitrogens with zero attached hydrogens (tertiary/aromatic N) is 3. The van der Waals surface area contributed by atoms with Crippen LogP contribution in [0.3, 0.4) is 0 Å². The van der Waals surface area contributed by atoms with Gasteiger partial charge in [-0.15, -0.1) is 5.10 Å². The summed E-state index contributed by atoms with van der Waals surface area (Å²) >= 11 is 6.00. The van der Waals surface area contributed by atoms with E-state index in [-0.39, 0.29) is 12.1 Å². The lowest BCUT2D eigenvalue weighted by Crippen LogP contribution is -2.50. The molecular weight excluding hydrogens is 274 g/mol. The van der Waals surface area contributed by atoms with Gasteiger partial charge in [-0.05, 0) is 31.9 Å². The van der Waals surface area contributed by atoms with Gasteiger partial charge >= 0.3 is 0 Å². The summed E-state index contributed by atoms with van der Waals surface area (Å²) in [5.41, 5.74) is 7.05. The van der Waals surface area contributed by atoms with E-state index in [0.29, 0.717) is 11.0 Å². The van der Waals surface area contributed by atoms with Gasteiger partial charge in [0.15, 0.2) is 5.82 Å². The Hall–Kier alpha value is -1.59. The van der Waals surface area contributed by atoms with Gasteiger partial charge in [0.1, 0.15) is 0 Å². The van der Waals surface area contributed by atoms with E-state index in [1.807, 2.05) is 24.3 Å². The van der Waals surface area contributed by atoms with Crippen molar-refractivity contribution in [2.24, 2.45) is 5.73 Å². The number of halogens is 1. The molecule has 0 bridgehead atoms. The number of anilines is 1. The molecule has 20 heavy (non-hydrogen) atoms. The fourth-order valence-corrected chi connectivity index (χ4v) is 2.79. The summed E-state index contributed by atoms with van der Waals surface area (Å²) in [6, 6.07) is 8.01. The number of H-pyrrole nitrogens is 1. The van der Waals surface area contributed by atoms with Gasteiger partial charge < -0.3 is 10.6 Å². The van der Waals surface area contributed by atoms with Crippen molar-refractivity contribution in [1.82, 2.24) is 15.2 Å². The highest BCUT2D eigenvalue weighted by atomic mass is 35.5. The first kappa shape index (κ1) is 13.4. The first-order valence-corrected chi connectivity index (χ1v) is 7.23. The number of nitrogens with two attached hydrogens (primary N) is 1. The lowest BCUT2D eigenvalue weighted by atomic mass is 9.99. The molecule has 2 heterocycles. The van der Waals surface area contributed by atoms with Gasteiger partial charge in [-0.3, -0.25) is 5.10 Å². The normalized spacial score (nSPS) is 23.1. The second kappa shape index (κ2) is 5.42. The van der Waals surface area contributed by atoms with Crippen molar-refractivity contribution < 1.29 is 0 Å². The van der Waals surface area contributed by atoms with Crippen LogP contribution in [0.25, 0.3) is 11.4 Å². The summed E-state index contributed by atoms with van der Waals surface area (Å²) in [5, 5.41) is 7.99. The van der Waals surface area contributed by atoms with Gasteiger partial charge in [-0.1, -0.05) is 23.7 Å². The van der Waals surface area contributed by atoms with Crippen LogP contribution in [0.2, 0.25) is 5.02 Å². The lowest BCUT2D eigenvalue weighted by molar-refractivity contribution is 0.416. The Bertz CT molecular complexity index is 597. The predicted molar refractivity (Wildman–Crippen MR) is 80.8 cm³/mol. The zero-order valence-electron chi connectivity index (χ0n) is 11.4. The maximum Gasteiger partial charge on any atom is 0.245 e. The molecule has 1 aromatic heterocycles. The van der Waals surface area contributed by atoms with Crippen molar-refractivity contribution in [3.8, 4) is 11.4 Å². The summed E-state index contributed by atoms with van der Waals surface area (Å²) < 4.78 is 0. The SMILES string of the molecule is CC1C(N)CCCN1c1n[nH]c(-c2cccc(Cl)c2)n1. The zero-order valence-corrected chi connectivity index (χ0v) is 12.1. The Balaban J connectivity index is 1.86. The predicted octanol–water partition coefficient (Wildman–Crippen LogP) is 2.44. The number of hydrogen-bond acceptors (Lipinski definition) is 4. The van der Waals surface area contributed by atoms with Crippen LogP contribution >= 0.6 is 11.6 Å². The average molecular weight is 292 g/mol. The molecule has 0 spiro atoms. The van der Waals surface area contributed by atoms with Crippen LogP contribution in [-0.2, 0) is 0 Å². The quantitative estimate of drug-likeness (QED) is 0.891. The molecular formula is C14H18ClN5. The highest BCUT2D eigenvalue weighted by Gasteiger charge is 2.27. The van der Waals surface area contributed by atoms with Crippen LogP contribution in [0, 0.1) is 0 Å². The van der Waals surface area contributed by atoms with Crippen molar-refractivity contribution in [3.05, 3.63) is 29.3 Å². The first-order chi connectivity index (χ1) is 9.65. The van der Waals surface area contributed by atoms with Crippen LogP contribution < -0.4 is 10.6 Å². The Morgan fingerprint density at radius 2 is 2.30 bits per heavy atom. The maximum atomic E-state index is 6.12. The van der Waals surface area contributed by atoms with Crippen LogP contribution in [0.5, 0.6) is 0 Å². The zero-order chi connectivity index (χ0) is 14.1. The Labute approximate surface area is 123 Å². The molecule has 1 fully saturated rings. The monoisotopic (exact) mass is 291 g/mol. The van der Waals surface area contributed by atoms with E-state index < -0.39 is 0 Å². The largest absolute Gasteiger partial charge is 0.335 e. The Morgan fingerprint density at radius 1 is 1.45 bits per heavy atom. The molecule has 0 radical (unpaired) electrons. The first-order valence-electron chi connectivity index (χ1n) is 6.86. The molecule has 2 aromatic rings. The van der Waals surface area contributed by atoms with Crippen molar-refractivity contribution in [3.63, 3.8) is 0 Å². The minimum Gasteiger partial charge on any atom is -0.335 e.